The van der Waals surface area contributed by atoms with Crippen LogP contribution in [-0.4, -0.2) is 49.6 Å². The third kappa shape index (κ3) is 2.67. The molecule has 0 amide bonds. The summed E-state index contributed by atoms with van der Waals surface area (Å²) in [4.78, 5) is 0. The number of sulfonamides is 1. The number of piperidine rings is 1. The highest BCUT2D eigenvalue weighted by Gasteiger charge is 2.29. The third-order valence-electron chi connectivity index (χ3n) is 3.16. The van der Waals surface area contributed by atoms with Crippen molar-refractivity contribution in [2.75, 3.05) is 26.7 Å². The quantitative estimate of drug-likeness (QED) is 0.798. The van der Waals surface area contributed by atoms with Crippen molar-refractivity contribution in [3.63, 3.8) is 0 Å². The predicted octanol–water partition coefficient (Wildman–Crippen LogP) is 0.0298. The van der Waals surface area contributed by atoms with E-state index in [9.17, 15) is 8.42 Å². The van der Waals surface area contributed by atoms with Crippen LogP contribution in [0.25, 0.3) is 0 Å². The van der Waals surface area contributed by atoms with Crippen LogP contribution < -0.4 is 5.32 Å². The number of aromatic nitrogens is 2. The van der Waals surface area contributed by atoms with Gasteiger partial charge in [-0.1, -0.05) is 0 Å². The molecular formula is C10H18N4O2S. The van der Waals surface area contributed by atoms with Crippen molar-refractivity contribution < 1.29 is 8.42 Å². The first-order valence-electron chi connectivity index (χ1n) is 5.78. The van der Waals surface area contributed by atoms with Gasteiger partial charge in [-0.25, -0.2) is 8.42 Å². The van der Waals surface area contributed by atoms with Gasteiger partial charge in [-0.3, -0.25) is 5.10 Å². The van der Waals surface area contributed by atoms with Crippen molar-refractivity contribution in [2.45, 2.75) is 17.9 Å². The van der Waals surface area contributed by atoms with Gasteiger partial charge in [-0.05, 0) is 38.4 Å². The van der Waals surface area contributed by atoms with Gasteiger partial charge in [0.05, 0.1) is 6.20 Å². The molecule has 0 radical (unpaired) electrons. The normalized spacial score (nSPS) is 19.6. The van der Waals surface area contributed by atoms with Gasteiger partial charge in [0.2, 0.25) is 0 Å². The van der Waals surface area contributed by atoms with Crippen LogP contribution in [0, 0.1) is 5.92 Å². The molecule has 1 aliphatic rings. The molecule has 2 rings (SSSR count). The van der Waals surface area contributed by atoms with Crippen LogP contribution in [0.3, 0.4) is 0 Å². The lowest BCUT2D eigenvalue weighted by atomic mass is 9.98. The maximum absolute atomic E-state index is 12.2. The zero-order valence-corrected chi connectivity index (χ0v) is 10.7. The highest BCUT2D eigenvalue weighted by molar-refractivity contribution is 7.89. The number of aromatic amines is 1. The summed E-state index contributed by atoms with van der Waals surface area (Å²) in [6.45, 7) is 2.14. The largest absolute Gasteiger partial charge is 0.319 e. The minimum atomic E-state index is -3.36. The molecule has 0 saturated carbocycles. The minimum Gasteiger partial charge on any atom is -0.319 e. The molecule has 2 heterocycles. The molecule has 2 N–H and O–H groups in total. The van der Waals surface area contributed by atoms with Crippen LogP contribution in [0.2, 0.25) is 0 Å². The monoisotopic (exact) mass is 258 g/mol. The molecule has 0 atom stereocenters. The molecular weight excluding hydrogens is 240 g/mol. The second-order valence-corrected chi connectivity index (χ2v) is 6.23. The van der Waals surface area contributed by atoms with E-state index in [1.807, 2.05) is 7.05 Å². The number of H-pyrrole nitrogens is 1. The zero-order valence-electron chi connectivity index (χ0n) is 9.89. The molecule has 96 valence electrons. The fourth-order valence-electron chi connectivity index (χ4n) is 2.17. The van der Waals surface area contributed by atoms with E-state index < -0.39 is 10.0 Å². The number of hydrogen-bond donors (Lipinski definition) is 2. The van der Waals surface area contributed by atoms with Crippen molar-refractivity contribution in [1.29, 1.82) is 0 Å². The van der Waals surface area contributed by atoms with Crippen molar-refractivity contribution in [1.82, 2.24) is 19.8 Å². The van der Waals surface area contributed by atoms with E-state index in [4.69, 9.17) is 0 Å². The molecule has 17 heavy (non-hydrogen) atoms. The Morgan fingerprint density at radius 2 is 2.24 bits per heavy atom. The Balaban J connectivity index is 2.01. The second kappa shape index (κ2) is 5.16. The lowest BCUT2D eigenvalue weighted by molar-refractivity contribution is 0.270. The summed E-state index contributed by atoms with van der Waals surface area (Å²) in [5.74, 6) is 0.577. The summed E-state index contributed by atoms with van der Waals surface area (Å²) in [5, 5.41) is 9.53. The van der Waals surface area contributed by atoms with Gasteiger partial charge in [0.1, 0.15) is 0 Å². The minimum absolute atomic E-state index is 0.185. The van der Waals surface area contributed by atoms with E-state index in [-0.39, 0.29) is 5.03 Å². The van der Waals surface area contributed by atoms with E-state index in [0.717, 1.165) is 19.4 Å². The van der Waals surface area contributed by atoms with Gasteiger partial charge in [0, 0.05) is 13.1 Å². The van der Waals surface area contributed by atoms with E-state index in [0.29, 0.717) is 19.0 Å². The Bertz CT molecular complexity index is 435. The van der Waals surface area contributed by atoms with E-state index in [1.165, 1.54) is 16.6 Å². The van der Waals surface area contributed by atoms with Gasteiger partial charge in [-0.2, -0.15) is 9.40 Å². The van der Waals surface area contributed by atoms with Gasteiger partial charge >= 0.3 is 0 Å². The maximum Gasteiger partial charge on any atom is 0.259 e. The smallest absolute Gasteiger partial charge is 0.259 e. The standard InChI is InChI=1S/C10H18N4O2S/c1-11-8-9-3-6-14(7-4-9)17(15,16)10-2-5-12-13-10/h2,5,9,11H,3-4,6-8H2,1H3,(H,12,13). The Hall–Kier alpha value is -0.920. The summed E-state index contributed by atoms with van der Waals surface area (Å²) >= 11 is 0. The van der Waals surface area contributed by atoms with Gasteiger partial charge < -0.3 is 5.32 Å². The zero-order chi connectivity index (χ0) is 12.3. The van der Waals surface area contributed by atoms with E-state index >= 15 is 0 Å². The Kier molecular flexibility index (Phi) is 3.80. The van der Waals surface area contributed by atoms with E-state index in [1.54, 1.807) is 0 Å². The topological polar surface area (TPSA) is 78.1 Å². The average Bonchev–Trinajstić information content (AvgIpc) is 2.84. The summed E-state index contributed by atoms with van der Waals surface area (Å²) < 4.78 is 25.8. The Morgan fingerprint density at radius 3 is 2.76 bits per heavy atom. The predicted molar refractivity (Wildman–Crippen MR) is 64.0 cm³/mol. The van der Waals surface area contributed by atoms with E-state index in [2.05, 4.69) is 15.5 Å². The summed E-state index contributed by atoms with van der Waals surface area (Å²) in [6, 6.07) is 1.50. The molecule has 0 unspecified atom stereocenters. The molecule has 6 nitrogen and oxygen atoms in total. The van der Waals surface area contributed by atoms with Gasteiger partial charge in [0.25, 0.3) is 10.0 Å². The molecule has 0 spiro atoms. The molecule has 1 saturated heterocycles. The summed E-state index contributed by atoms with van der Waals surface area (Å²) in [6.07, 6.45) is 3.28. The molecule has 0 aliphatic carbocycles. The van der Waals surface area contributed by atoms with Crippen LogP contribution in [0.5, 0.6) is 0 Å². The van der Waals surface area contributed by atoms with Crippen LogP contribution >= 0.6 is 0 Å². The van der Waals surface area contributed by atoms with Crippen LogP contribution in [0.15, 0.2) is 17.3 Å². The van der Waals surface area contributed by atoms with Crippen molar-refractivity contribution in [3.05, 3.63) is 12.3 Å². The first kappa shape index (κ1) is 12.5. The van der Waals surface area contributed by atoms with Crippen LogP contribution in [0.4, 0.5) is 0 Å². The number of rotatable bonds is 4. The maximum atomic E-state index is 12.2. The third-order valence-corrected chi connectivity index (χ3v) is 4.99. The average molecular weight is 258 g/mol. The molecule has 1 aliphatic heterocycles. The lowest BCUT2D eigenvalue weighted by Gasteiger charge is -2.30. The summed E-state index contributed by atoms with van der Waals surface area (Å²) in [7, 11) is -1.44. The Labute approximate surface area is 101 Å². The lowest BCUT2D eigenvalue weighted by Crippen LogP contribution is -2.40. The first-order chi connectivity index (χ1) is 8.14. The molecule has 1 aromatic heterocycles. The first-order valence-corrected chi connectivity index (χ1v) is 7.22. The highest BCUT2D eigenvalue weighted by atomic mass is 32.2. The molecule has 1 fully saturated rings. The number of nitrogens with zero attached hydrogens (tertiary/aromatic N) is 2. The van der Waals surface area contributed by atoms with Gasteiger partial charge in [-0.15, -0.1) is 0 Å². The molecule has 0 aromatic carbocycles. The number of hydrogen-bond acceptors (Lipinski definition) is 4. The molecule has 7 heteroatoms. The summed E-state index contributed by atoms with van der Waals surface area (Å²) in [5.41, 5.74) is 0. The van der Waals surface area contributed by atoms with Gasteiger partial charge in [0.15, 0.2) is 5.03 Å². The SMILES string of the molecule is CNCC1CCN(S(=O)(=O)c2ccn[nH]2)CC1. The number of nitrogens with one attached hydrogen (secondary N) is 2. The Morgan fingerprint density at radius 1 is 1.53 bits per heavy atom. The fourth-order valence-corrected chi connectivity index (χ4v) is 3.54. The van der Waals surface area contributed by atoms with Crippen molar-refractivity contribution in [3.8, 4) is 0 Å². The van der Waals surface area contributed by atoms with Crippen molar-refractivity contribution in [2.24, 2.45) is 5.92 Å². The van der Waals surface area contributed by atoms with Crippen LogP contribution in [-0.2, 0) is 10.0 Å². The highest BCUT2D eigenvalue weighted by Crippen LogP contribution is 2.22. The molecule has 0 bridgehead atoms. The molecule has 1 aromatic rings. The second-order valence-electron chi connectivity index (χ2n) is 4.33. The fraction of sp³-hybridized carbons (Fsp3) is 0.700. The van der Waals surface area contributed by atoms with Crippen LogP contribution in [0.1, 0.15) is 12.8 Å². The van der Waals surface area contributed by atoms with Crippen molar-refractivity contribution >= 4 is 10.0 Å².